The molecule has 21 heavy (non-hydrogen) atoms. The minimum Gasteiger partial charge on any atom is -0.380 e. The van der Waals surface area contributed by atoms with E-state index in [2.05, 4.69) is 34.4 Å². The third kappa shape index (κ3) is 6.27. The lowest BCUT2D eigenvalue weighted by molar-refractivity contribution is 0.126. The fourth-order valence-electron chi connectivity index (χ4n) is 1.79. The molecule has 1 aromatic heterocycles. The number of rotatable bonds is 10. The lowest BCUT2D eigenvalue weighted by atomic mass is 10.1. The van der Waals surface area contributed by atoms with E-state index in [0.29, 0.717) is 38.2 Å². The van der Waals surface area contributed by atoms with Gasteiger partial charge in [0.15, 0.2) is 5.82 Å². The van der Waals surface area contributed by atoms with Crippen molar-refractivity contribution in [1.29, 1.82) is 0 Å². The Hall–Kier alpha value is -1.40. The number of anilines is 2. The van der Waals surface area contributed by atoms with E-state index < -0.39 is 0 Å². The van der Waals surface area contributed by atoms with Crippen molar-refractivity contribution >= 4 is 11.6 Å². The minimum atomic E-state index is 0.212. The quantitative estimate of drug-likeness (QED) is 0.691. The van der Waals surface area contributed by atoms with Crippen molar-refractivity contribution < 1.29 is 9.47 Å². The Morgan fingerprint density at radius 3 is 2.33 bits per heavy atom. The van der Waals surface area contributed by atoms with Gasteiger partial charge in [-0.2, -0.15) is 0 Å². The molecule has 0 aliphatic rings. The molecule has 0 amide bonds. The van der Waals surface area contributed by atoms with Crippen molar-refractivity contribution in [3.05, 3.63) is 11.9 Å². The van der Waals surface area contributed by atoms with Gasteiger partial charge in [0.1, 0.15) is 18.2 Å². The van der Waals surface area contributed by atoms with Gasteiger partial charge in [0.05, 0.1) is 12.6 Å². The monoisotopic (exact) mass is 296 g/mol. The summed E-state index contributed by atoms with van der Waals surface area (Å²) in [5, 5.41) is 6.49. The predicted octanol–water partition coefficient (Wildman–Crippen LogP) is 2.53. The topological polar surface area (TPSA) is 68.3 Å². The van der Waals surface area contributed by atoms with Gasteiger partial charge in [0, 0.05) is 26.3 Å². The molecule has 0 bridgehead atoms. The van der Waals surface area contributed by atoms with E-state index in [4.69, 9.17) is 9.47 Å². The molecule has 0 saturated heterocycles. The largest absolute Gasteiger partial charge is 0.380 e. The van der Waals surface area contributed by atoms with Gasteiger partial charge in [-0.25, -0.2) is 9.97 Å². The zero-order chi connectivity index (χ0) is 15.7. The molecule has 0 spiro atoms. The summed E-state index contributed by atoms with van der Waals surface area (Å²) in [5.74, 6) is 2.69. The van der Waals surface area contributed by atoms with Crippen molar-refractivity contribution in [3.63, 3.8) is 0 Å². The van der Waals surface area contributed by atoms with E-state index in [-0.39, 0.29) is 6.04 Å². The molecule has 0 fully saturated rings. The Balaban J connectivity index is 2.83. The molecule has 1 rings (SSSR count). The first-order chi connectivity index (χ1) is 10.1. The van der Waals surface area contributed by atoms with Gasteiger partial charge in [0.25, 0.3) is 0 Å². The molecule has 0 aromatic carbocycles. The van der Waals surface area contributed by atoms with Gasteiger partial charge >= 0.3 is 0 Å². The van der Waals surface area contributed by atoms with Crippen molar-refractivity contribution in [1.82, 2.24) is 9.97 Å². The summed E-state index contributed by atoms with van der Waals surface area (Å²) < 4.78 is 10.9. The van der Waals surface area contributed by atoms with Gasteiger partial charge in [0.2, 0.25) is 0 Å². The Morgan fingerprint density at radius 1 is 1.10 bits per heavy atom. The van der Waals surface area contributed by atoms with Crippen LogP contribution in [0.1, 0.15) is 33.5 Å². The maximum Gasteiger partial charge on any atom is 0.158 e. The highest BCUT2D eigenvalue weighted by atomic mass is 16.5. The van der Waals surface area contributed by atoms with Gasteiger partial charge in [-0.15, -0.1) is 0 Å². The van der Waals surface area contributed by atoms with Gasteiger partial charge in [-0.3, -0.25) is 0 Å². The predicted molar refractivity (Wildman–Crippen MR) is 85.7 cm³/mol. The molecule has 0 radical (unpaired) electrons. The van der Waals surface area contributed by atoms with Crippen LogP contribution in [0.3, 0.4) is 0 Å². The van der Waals surface area contributed by atoms with E-state index in [0.717, 1.165) is 11.6 Å². The summed E-state index contributed by atoms with van der Waals surface area (Å²) in [6.07, 6.45) is 0. The molecular formula is C15H28N4O2. The van der Waals surface area contributed by atoms with Crippen LogP contribution in [0.4, 0.5) is 11.6 Å². The van der Waals surface area contributed by atoms with Crippen molar-refractivity contribution in [2.24, 2.45) is 5.92 Å². The highest BCUT2D eigenvalue weighted by molar-refractivity contribution is 5.47. The Kier molecular flexibility index (Phi) is 8.00. The zero-order valence-corrected chi connectivity index (χ0v) is 13.8. The SMILES string of the molecule is CCOCc1nc(NC)cc(NC(COCC)C(C)C)n1. The van der Waals surface area contributed by atoms with Crippen LogP contribution in [-0.4, -0.2) is 42.9 Å². The van der Waals surface area contributed by atoms with Crippen molar-refractivity contribution in [2.45, 2.75) is 40.3 Å². The summed E-state index contributed by atoms with van der Waals surface area (Å²) in [5.41, 5.74) is 0. The van der Waals surface area contributed by atoms with E-state index in [1.165, 1.54) is 0 Å². The fourth-order valence-corrected chi connectivity index (χ4v) is 1.79. The van der Waals surface area contributed by atoms with Crippen LogP contribution in [0, 0.1) is 5.92 Å². The van der Waals surface area contributed by atoms with Crippen LogP contribution >= 0.6 is 0 Å². The molecule has 6 nitrogen and oxygen atoms in total. The molecule has 1 unspecified atom stereocenters. The Bertz CT molecular complexity index is 413. The number of nitrogens with zero attached hydrogens (tertiary/aromatic N) is 2. The first kappa shape index (κ1) is 17.7. The van der Waals surface area contributed by atoms with E-state index in [1.807, 2.05) is 27.0 Å². The van der Waals surface area contributed by atoms with Gasteiger partial charge < -0.3 is 20.1 Å². The number of hydrogen-bond acceptors (Lipinski definition) is 6. The highest BCUT2D eigenvalue weighted by Gasteiger charge is 2.15. The lowest BCUT2D eigenvalue weighted by Gasteiger charge is -2.23. The molecule has 2 N–H and O–H groups in total. The maximum absolute atomic E-state index is 5.53. The number of ether oxygens (including phenoxy) is 2. The second kappa shape index (κ2) is 9.52. The van der Waals surface area contributed by atoms with Crippen molar-refractivity contribution in [3.8, 4) is 0 Å². The first-order valence-electron chi connectivity index (χ1n) is 7.58. The minimum absolute atomic E-state index is 0.212. The number of hydrogen-bond donors (Lipinski definition) is 2. The zero-order valence-electron chi connectivity index (χ0n) is 13.8. The standard InChI is InChI=1S/C15H28N4O2/c1-6-20-9-12(11(3)4)17-14-8-13(16-5)18-15(19-14)10-21-7-2/h8,11-12H,6-7,9-10H2,1-5H3,(H2,16,17,18,19). The van der Waals surface area contributed by atoms with E-state index >= 15 is 0 Å². The van der Waals surface area contributed by atoms with Crippen LogP contribution in [0.25, 0.3) is 0 Å². The third-order valence-corrected chi connectivity index (χ3v) is 3.10. The normalized spacial score (nSPS) is 12.5. The second-order valence-electron chi connectivity index (χ2n) is 5.10. The summed E-state index contributed by atoms with van der Waals surface area (Å²) in [6.45, 7) is 10.7. The van der Waals surface area contributed by atoms with Crippen molar-refractivity contribution in [2.75, 3.05) is 37.5 Å². The molecule has 6 heteroatoms. The summed E-state index contributed by atoms with van der Waals surface area (Å²) >= 11 is 0. The Labute approximate surface area is 127 Å². The molecule has 0 saturated carbocycles. The smallest absolute Gasteiger partial charge is 0.158 e. The molecule has 0 aliphatic heterocycles. The third-order valence-electron chi connectivity index (χ3n) is 3.10. The van der Waals surface area contributed by atoms with Crippen LogP contribution in [-0.2, 0) is 16.1 Å². The molecule has 1 heterocycles. The van der Waals surface area contributed by atoms with Crippen LogP contribution in [0.2, 0.25) is 0 Å². The first-order valence-corrected chi connectivity index (χ1v) is 7.58. The number of aromatic nitrogens is 2. The highest BCUT2D eigenvalue weighted by Crippen LogP contribution is 2.15. The average molecular weight is 296 g/mol. The molecule has 0 aliphatic carbocycles. The Morgan fingerprint density at radius 2 is 1.76 bits per heavy atom. The van der Waals surface area contributed by atoms with Gasteiger partial charge in [-0.1, -0.05) is 13.8 Å². The fraction of sp³-hybridized carbons (Fsp3) is 0.733. The number of nitrogens with one attached hydrogen (secondary N) is 2. The summed E-state index contributed by atoms with van der Waals surface area (Å²) in [7, 11) is 1.84. The van der Waals surface area contributed by atoms with E-state index in [9.17, 15) is 0 Å². The maximum atomic E-state index is 5.53. The van der Waals surface area contributed by atoms with Crippen LogP contribution < -0.4 is 10.6 Å². The van der Waals surface area contributed by atoms with Gasteiger partial charge in [-0.05, 0) is 19.8 Å². The van der Waals surface area contributed by atoms with E-state index in [1.54, 1.807) is 0 Å². The van der Waals surface area contributed by atoms with Crippen LogP contribution in [0.15, 0.2) is 6.07 Å². The summed E-state index contributed by atoms with van der Waals surface area (Å²) in [4.78, 5) is 8.89. The lowest BCUT2D eigenvalue weighted by Crippen LogP contribution is -2.31. The van der Waals surface area contributed by atoms with Crippen LogP contribution in [0.5, 0.6) is 0 Å². The summed E-state index contributed by atoms with van der Waals surface area (Å²) in [6, 6.07) is 2.11. The average Bonchev–Trinajstić information content (AvgIpc) is 2.48. The molecule has 1 aromatic rings. The molecule has 120 valence electrons. The second-order valence-corrected chi connectivity index (χ2v) is 5.10. The molecule has 1 atom stereocenters. The molecular weight excluding hydrogens is 268 g/mol.